The zero-order chi connectivity index (χ0) is 16.9. The number of hydrogen-bond acceptors (Lipinski definition) is 4. The summed E-state index contributed by atoms with van der Waals surface area (Å²) in [6, 6.07) is 11.2. The minimum atomic E-state index is -0.131. The summed E-state index contributed by atoms with van der Waals surface area (Å²) < 4.78 is 10.5. The number of methoxy groups -OCH3 is 2. The molecule has 24 heavy (non-hydrogen) atoms. The molecule has 0 unspecified atom stereocenters. The Kier molecular flexibility index (Phi) is 4.65. The van der Waals surface area contributed by atoms with Crippen molar-refractivity contribution in [2.75, 3.05) is 20.8 Å². The number of hydrogen-bond donors (Lipinski definition) is 2. The molecule has 124 valence electrons. The van der Waals surface area contributed by atoms with E-state index in [-0.39, 0.29) is 5.91 Å². The van der Waals surface area contributed by atoms with Crippen LogP contribution in [0.3, 0.4) is 0 Å². The van der Waals surface area contributed by atoms with Gasteiger partial charge in [-0.1, -0.05) is 12.1 Å². The highest BCUT2D eigenvalue weighted by atomic mass is 16.5. The standard InChI is InChI=1S/C18H19N3O3/c1-23-15-7-6-12(10-16(15)24-2)8-9-19-18(22)13-4-3-5-14-17(13)21-11-20-14/h3-7,10-11H,8-9H2,1-2H3,(H,19,22)(H,20,21). The van der Waals surface area contributed by atoms with Crippen molar-refractivity contribution in [1.82, 2.24) is 15.3 Å². The Bertz CT molecular complexity index is 858. The van der Waals surface area contributed by atoms with Gasteiger partial charge in [-0.15, -0.1) is 0 Å². The maximum atomic E-state index is 12.4. The Morgan fingerprint density at radius 3 is 2.79 bits per heavy atom. The highest BCUT2D eigenvalue weighted by Crippen LogP contribution is 2.27. The first-order chi connectivity index (χ1) is 11.7. The number of para-hydroxylation sites is 1. The fourth-order valence-corrected chi connectivity index (χ4v) is 2.60. The van der Waals surface area contributed by atoms with Crippen LogP contribution in [0.4, 0.5) is 0 Å². The summed E-state index contributed by atoms with van der Waals surface area (Å²) in [6.45, 7) is 0.523. The van der Waals surface area contributed by atoms with Crippen LogP contribution in [0, 0.1) is 0 Å². The number of imidazole rings is 1. The SMILES string of the molecule is COc1ccc(CCNC(=O)c2cccc3[nH]cnc23)cc1OC. The van der Waals surface area contributed by atoms with E-state index in [1.807, 2.05) is 30.3 Å². The lowest BCUT2D eigenvalue weighted by atomic mass is 10.1. The van der Waals surface area contributed by atoms with Crippen molar-refractivity contribution in [3.63, 3.8) is 0 Å². The Morgan fingerprint density at radius 1 is 1.17 bits per heavy atom. The molecule has 2 N–H and O–H groups in total. The number of aromatic nitrogens is 2. The number of rotatable bonds is 6. The van der Waals surface area contributed by atoms with Crippen molar-refractivity contribution in [3.05, 3.63) is 53.9 Å². The Balaban J connectivity index is 1.64. The molecule has 3 aromatic rings. The highest BCUT2D eigenvalue weighted by molar-refractivity contribution is 6.04. The molecule has 1 heterocycles. The largest absolute Gasteiger partial charge is 0.493 e. The smallest absolute Gasteiger partial charge is 0.253 e. The van der Waals surface area contributed by atoms with Crippen LogP contribution >= 0.6 is 0 Å². The summed E-state index contributed by atoms with van der Waals surface area (Å²) in [5.74, 6) is 1.24. The molecular formula is C18H19N3O3. The van der Waals surface area contributed by atoms with Gasteiger partial charge in [0.05, 0.1) is 31.6 Å². The summed E-state index contributed by atoms with van der Waals surface area (Å²) in [7, 11) is 3.21. The maximum absolute atomic E-state index is 12.4. The third kappa shape index (κ3) is 3.17. The van der Waals surface area contributed by atoms with Crippen molar-refractivity contribution < 1.29 is 14.3 Å². The number of benzene rings is 2. The van der Waals surface area contributed by atoms with E-state index >= 15 is 0 Å². The maximum Gasteiger partial charge on any atom is 0.253 e. The lowest BCUT2D eigenvalue weighted by Crippen LogP contribution is -2.25. The molecule has 0 aliphatic heterocycles. The van der Waals surface area contributed by atoms with Crippen LogP contribution in [0.2, 0.25) is 0 Å². The molecule has 0 atom stereocenters. The summed E-state index contributed by atoms with van der Waals surface area (Å²) in [5, 5.41) is 2.93. The van der Waals surface area contributed by atoms with Crippen molar-refractivity contribution in [2.45, 2.75) is 6.42 Å². The van der Waals surface area contributed by atoms with Gasteiger partial charge in [-0.05, 0) is 36.2 Å². The monoisotopic (exact) mass is 325 g/mol. The van der Waals surface area contributed by atoms with Gasteiger partial charge >= 0.3 is 0 Å². The predicted octanol–water partition coefficient (Wildman–Crippen LogP) is 2.55. The van der Waals surface area contributed by atoms with E-state index in [0.717, 1.165) is 11.1 Å². The molecule has 0 saturated carbocycles. The Morgan fingerprint density at radius 2 is 2.00 bits per heavy atom. The fraction of sp³-hybridized carbons (Fsp3) is 0.222. The lowest BCUT2D eigenvalue weighted by molar-refractivity contribution is 0.0955. The summed E-state index contributed by atoms with van der Waals surface area (Å²) in [6.07, 6.45) is 2.29. The van der Waals surface area contributed by atoms with Gasteiger partial charge in [0.2, 0.25) is 0 Å². The number of ether oxygens (including phenoxy) is 2. The second kappa shape index (κ2) is 7.04. The second-order valence-corrected chi connectivity index (χ2v) is 5.30. The molecular weight excluding hydrogens is 306 g/mol. The quantitative estimate of drug-likeness (QED) is 0.730. The van der Waals surface area contributed by atoms with Crippen molar-refractivity contribution in [1.29, 1.82) is 0 Å². The third-order valence-electron chi connectivity index (χ3n) is 3.84. The van der Waals surface area contributed by atoms with E-state index in [9.17, 15) is 4.79 Å². The van der Waals surface area contributed by atoms with Gasteiger partial charge in [0.1, 0.15) is 5.52 Å². The molecule has 3 rings (SSSR count). The zero-order valence-electron chi connectivity index (χ0n) is 13.6. The summed E-state index contributed by atoms with van der Waals surface area (Å²) >= 11 is 0. The number of fused-ring (bicyclic) bond motifs is 1. The summed E-state index contributed by atoms with van der Waals surface area (Å²) in [5.41, 5.74) is 3.16. The fourth-order valence-electron chi connectivity index (χ4n) is 2.60. The van der Waals surface area contributed by atoms with Crippen molar-refractivity contribution >= 4 is 16.9 Å². The van der Waals surface area contributed by atoms with Gasteiger partial charge in [-0.3, -0.25) is 4.79 Å². The number of carbonyl (C=O) groups excluding carboxylic acids is 1. The predicted molar refractivity (Wildman–Crippen MR) is 91.7 cm³/mol. The summed E-state index contributed by atoms with van der Waals surface area (Å²) in [4.78, 5) is 19.6. The average molecular weight is 325 g/mol. The van der Waals surface area contributed by atoms with E-state index in [4.69, 9.17) is 9.47 Å². The molecule has 0 radical (unpaired) electrons. The van der Waals surface area contributed by atoms with Crippen LogP contribution in [-0.2, 0) is 6.42 Å². The van der Waals surface area contributed by atoms with E-state index < -0.39 is 0 Å². The molecule has 2 aromatic carbocycles. The molecule has 6 nitrogen and oxygen atoms in total. The van der Waals surface area contributed by atoms with Crippen LogP contribution < -0.4 is 14.8 Å². The molecule has 0 fully saturated rings. The average Bonchev–Trinajstić information content (AvgIpc) is 3.10. The molecule has 0 saturated heterocycles. The van der Waals surface area contributed by atoms with E-state index in [1.54, 1.807) is 26.6 Å². The van der Waals surface area contributed by atoms with Gasteiger partial charge in [-0.25, -0.2) is 4.98 Å². The van der Waals surface area contributed by atoms with E-state index in [0.29, 0.717) is 35.5 Å². The Labute approximate surface area is 139 Å². The topological polar surface area (TPSA) is 76.2 Å². The van der Waals surface area contributed by atoms with Crippen LogP contribution in [0.5, 0.6) is 11.5 Å². The van der Waals surface area contributed by atoms with Crippen LogP contribution in [0.15, 0.2) is 42.7 Å². The molecule has 0 aliphatic rings. The molecule has 1 amide bonds. The van der Waals surface area contributed by atoms with E-state index in [2.05, 4.69) is 15.3 Å². The first-order valence-electron chi connectivity index (χ1n) is 7.64. The van der Waals surface area contributed by atoms with Crippen LogP contribution in [0.1, 0.15) is 15.9 Å². The molecule has 0 spiro atoms. The highest BCUT2D eigenvalue weighted by Gasteiger charge is 2.11. The third-order valence-corrected chi connectivity index (χ3v) is 3.84. The normalized spacial score (nSPS) is 10.6. The molecule has 0 bridgehead atoms. The van der Waals surface area contributed by atoms with Crippen LogP contribution in [0.25, 0.3) is 11.0 Å². The van der Waals surface area contributed by atoms with Gasteiger partial charge in [-0.2, -0.15) is 0 Å². The van der Waals surface area contributed by atoms with Gasteiger partial charge in [0, 0.05) is 6.54 Å². The Hall–Kier alpha value is -3.02. The number of nitrogens with one attached hydrogen (secondary N) is 2. The zero-order valence-corrected chi connectivity index (χ0v) is 13.6. The number of aromatic amines is 1. The molecule has 6 heteroatoms. The van der Waals surface area contributed by atoms with E-state index in [1.165, 1.54) is 0 Å². The number of amides is 1. The second-order valence-electron chi connectivity index (χ2n) is 5.30. The minimum absolute atomic E-state index is 0.131. The molecule has 0 aliphatic carbocycles. The van der Waals surface area contributed by atoms with Gasteiger partial charge in [0.25, 0.3) is 5.91 Å². The number of carbonyl (C=O) groups is 1. The first-order valence-corrected chi connectivity index (χ1v) is 7.64. The van der Waals surface area contributed by atoms with Crippen LogP contribution in [-0.4, -0.2) is 36.6 Å². The van der Waals surface area contributed by atoms with Gasteiger partial charge in [0.15, 0.2) is 11.5 Å². The van der Waals surface area contributed by atoms with Crippen molar-refractivity contribution in [2.24, 2.45) is 0 Å². The van der Waals surface area contributed by atoms with Crippen molar-refractivity contribution in [3.8, 4) is 11.5 Å². The first kappa shape index (κ1) is 15.9. The molecule has 1 aromatic heterocycles. The van der Waals surface area contributed by atoms with Gasteiger partial charge < -0.3 is 19.8 Å². The minimum Gasteiger partial charge on any atom is -0.493 e. The number of H-pyrrole nitrogens is 1. The number of nitrogens with zero attached hydrogens (tertiary/aromatic N) is 1. The lowest BCUT2D eigenvalue weighted by Gasteiger charge is -2.10.